The van der Waals surface area contributed by atoms with Crippen molar-refractivity contribution in [2.24, 2.45) is 0 Å². The molecule has 0 aromatic heterocycles. The number of sulfonamides is 1. The minimum atomic E-state index is -3.89. The summed E-state index contributed by atoms with van der Waals surface area (Å²) in [6.07, 6.45) is 0. The Balaban J connectivity index is 2.41. The molecule has 0 saturated carbocycles. The number of hydrogen-bond donors (Lipinski definition) is 1. The highest BCUT2D eigenvalue weighted by molar-refractivity contribution is 7.92. The van der Waals surface area contributed by atoms with Gasteiger partial charge in [-0.05, 0) is 30.3 Å². The van der Waals surface area contributed by atoms with E-state index in [2.05, 4.69) is 4.72 Å². The van der Waals surface area contributed by atoms with Crippen LogP contribution in [-0.2, 0) is 10.0 Å². The van der Waals surface area contributed by atoms with Gasteiger partial charge in [-0.2, -0.15) is 5.26 Å². The van der Waals surface area contributed by atoms with Crippen LogP contribution in [0.25, 0.3) is 0 Å². The topological polar surface area (TPSA) is 79.2 Å². The predicted molar refractivity (Wildman–Crippen MR) is 80.0 cm³/mol. The fourth-order valence-corrected chi connectivity index (χ4v) is 3.25. The third kappa shape index (κ3) is 3.45. The minimum Gasteiger partial charge on any atom is -0.497 e. The second kappa shape index (κ2) is 6.04. The Morgan fingerprint density at radius 1 is 1.24 bits per heavy atom. The summed E-state index contributed by atoms with van der Waals surface area (Å²) in [5.41, 5.74) is 0.554. The van der Waals surface area contributed by atoms with Crippen molar-refractivity contribution in [2.45, 2.75) is 4.90 Å². The first-order valence-electron chi connectivity index (χ1n) is 5.83. The van der Waals surface area contributed by atoms with E-state index in [-0.39, 0.29) is 15.5 Å². The molecule has 2 rings (SSSR count). The number of methoxy groups -OCH3 is 1. The Hall–Kier alpha value is -2.23. The number of nitrogens with zero attached hydrogens (tertiary/aromatic N) is 1. The third-order valence-corrected chi connectivity index (χ3v) is 4.53. The molecule has 0 bridgehead atoms. The van der Waals surface area contributed by atoms with Crippen LogP contribution in [-0.4, -0.2) is 15.5 Å². The summed E-state index contributed by atoms with van der Waals surface area (Å²) in [4.78, 5) is -0.147. The van der Waals surface area contributed by atoms with Crippen molar-refractivity contribution >= 4 is 27.3 Å². The molecular weight excluding hydrogens is 312 g/mol. The number of rotatable bonds is 4. The second-order valence-corrected chi connectivity index (χ2v) is 6.15. The maximum atomic E-state index is 12.3. The molecule has 0 atom stereocenters. The van der Waals surface area contributed by atoms with Gasteiger partial charge in [-0.25, -0.2) is 8.42 Å². The van der Waals surface area contributed by atoms with Crippen molar-refractivity contribution in [3.63, 3.8) is 0 Å². The predicted octanol–water partition coefficient (Wildman–Crippen LogP) is 3.02. The molecule has 0 radical (unpaired) electrons. The first kappa shape index (κ1) is 15.2. The number of benzene rings is 2. The van der Waals surface area contributed by atoms with Crippen molar-refractivity contribution in [3.8, 4) is 11.8 Å². The summed E-state index contributed by atoms with van der Waals surface area (Å²) < 4.78 is 32.1. The molecule has 0 amide bonds. The van der Waals surface area contributed by atoms with Crippen LogP contribution in [0.5, 0.6) is 5.75 Å². The summed E-state index contributed by atoms with van der Waals surface area (Å²) in [5, 5.41) is 8.90. The van der Waals surface area contributed by atoms with Gasteiger partial charge in [0, 0.05) is 6.07 Å². The van der Waals surface area contributed by atoms with Crippen LogP contribution in [0, 0.1) is 11.3 Å². The lowest BCUT2D eigenvalue weighted by Crippen LogP contribution is -2.13. The fourth-order valence-electron chi connectivity index (χ4n) is 1.68. The fraction of sp³-hybridized carbons (Fsp3) is 0.0714. The van der Waals surface area contributed by atoms with Crippen molar-refractivity contribution in [3.05, 3.63) is 53.1 Å². The average molecular weight is 323 g/mol. The SMILES string of the molecule is COc1cccc(NS(=O)(=O)c2cc(C#N)ccc2Cl)c1. The smallest absolute Gasteiger partial charge is 0.263 e. The molecule has 0 saturated heterocycles. The standard InChI is InChI=1S/C14H11ClN2O3S/c1-20-12-4-2-3-11(8-12)17-21(18,19)14-7-10(9-16)5-6-13(14)15/h2-8,17H,1H3. The number of nitrogens with one attached hydrogen (secondary N) is 1. The van der Waals surface area contributed by atoms with Gasteiger partial charge in [-0.3, -0.25) is 4.72 Å². The Morgan fingerprint density at radius 2 is 2.00 bits per heavy atom. The summed E-state index contributed by atoms with van der Waals surface area (Å²) in [7, 11) is -2.40. The van der Waals surface area contributed by atoms with E-state index in [0.717, 1.165) is 0 Å². The molecule has 0 fully saturated rings. The van der Waals surface area contributed by atoms with E-state index in [9.17, 15) is 8.42 Å². The van der Waals surface area contributed by atoms with E-state index in [4.69, 9.17) is 21.6 Å². The molecule has 0 aliphatic heterocycles. The lowest BCUT2D eigenvalue weighted by atomic mass is 10.2. The van der Waals surface area contributed by atoms with Crippen LogP contribution in [0.2, 0.25) is 5.02 Å². The van der Waals surface area contributed by atoms with Gasteiger partial charge in [-0.1, -0.05) is 17.7 Å². The molecule has 5 nitrogen and oxygen atoms in total. The lowest BCUT2D eigenvalue weighted by molar-refractivity contribution is 0.415. The van der Waals surface area contributed by atoms with Gasteiger partial charge in [0.2, 0.25) is 0 Å². The van der Waals surface area contributed by atoms with Crippen molar-refractivity contribution in [2.75, 3.05) is 11.8 Å². The van der Waals surface area contributed by atoms with E-state index in [0.29, 0.717) is 11.4 Å². The molecule has 7 heteroatoms. The zero-order valence-electron chi connectivity index (χ0n) is 11.0. The highest BCUT2D eigenvalue weighted by Gasteiger charge is 2.19. The number of anilines is 1. The van der Waals surface area contributed by atoms with Crippen LogP contribution in [0.15, 0.2) is 47.4 Å². The van der Waals surface area contributed by atoms with Crippen LogP contribution < -0.4 is 9.46 Å². The molecule has 1 N–H and O–H groups in total. The van der Waals surface area contributed by atoms with Crippen molar-refractivity contribution in [1.82, 2.24) is 0 Å². The van der Waals surface area contributed by atoms with Gasteiger partial charge in [0.25, 0.3) is 10.0 Å². The Morgan fingerprint density at radius 3 is 2.67 bits per heavy atom. The maximum absolute atomic E-state index is 12.3. The molecule has 0 spiro atoms. The van der Waals surface area contributed by atoms with Gasteiger partial charge >= 0.3 is 0 Å². The highest BCUT2D eigenvalue weighted by atomic mass is 35.5. The number of nitriles is 1. The summed E-state index contributed by atoms with van der Waals surface area (Å²) in [6, 6.07) is 12.4. The normalized spacial score (nSPS) is 10.7. The third-order valence-electron chi connectivity index (χ3n) is 2.67. The van der Waals surface area contributed by atoms with E-state index in [1.165, 1.54) is 25.3 Å². The Labute approximate surface area is 127 Å². The van der Waals surface area contributed by atoms with Gasteiger partial charge in [0.15, 0.2) is 0 Å². The molecule has 0 unspecified atom stereocenters. The van der Waals surface area contributed by atoms with Gasteiger partial charge in [0.05, 0.1) is 29.5 Å². The second-order valence-electron chi connectivity index (χ2n) is 4.09. The molecule has 0 aliphatic rings. The number of ether oxygens (including phenoxy) is 1. The van der Waals surface area contributed by atoms with Gasteiger partial charge < -0.3 is 4.74 Å². The van der Waals surface area contributed by atoms with Gasteiger partial charge in [0.1, 0.15) is 10.6 Å². The molecule has 2 aromatic rings. The van der Waals surface area contributed by atoms with Crippen LogP contribution in [0.1, 0.15) is 5.56 Å². The van der Waals surface area contributed by atoms with Crippen molar-refractivity contribution in [1.29, 1.82) is 5.26 Å². The van der Waals surface area contributed by atoms with E-state index >= 15 is 0 Å². The molecule has 0 heterocycles. The summed E-state index contributed by atoms with van der Waals surface area (Å²) in [6.45, 7) is 0. The quantitative estimate of drug-likeness (QED) is 0.938. The Bertz CT molecular complexity index is 813. The Kier molecular flexibility index (Phi) is 4.36. The largest absolute Gasteiger partial charge is 0.497 e. The molecular formula is C14H11ClN2O3S. The number of hydrogen-bond acceptors (Lipinski definition) is 4. The first-order valence-corrected chi connectivity index (χ1v) is 7.69. The molecule has 21 heavy (non-hydrogen) atoms. The van der Waals surface area contributed by atoms with Gasteiger partial charge in [-0.15, -0.1) is 0 Å². The zero-order chi connectivity index (χ0) is 15.5. The minimum absolute atomic E-state index is 0.0457. The lowest BCUT2D eigenvalue weighted by Gasteiger charge is -2.10. The number of halogens is 1. The molecule has 108 valence electrons. The highest BCUT2D eigenvalue weighted by Crippen LogP contribution is 2.26. The van der Waals surface area contributed by atoms with Crippen LogP contribution >= 0.6 is 11.6 Å². The monoisotopic (exact) mass is 322 g/mol. The van der Waals surface area contributed by atoms with E-state index in [1.54, 1.807) is 24.3 Å². The molecule has 0 aliphatic carbocycles. The summed E-state index contributed by atoms with van der Waals surface area (Å²) >= 11 is 5.91. The van der Waals surface area contributed by atoms with E-state index < -0.39 is 10.0 Å². The summed E-state index contributed by atoms with van der Waals surface area (Å²) in [5.74, 6) is 0.520. The first-order chi connectivity index (χ1) is 9.96. The van der Waals surface area contributed by atoms with Crippen LogP contribution in [0.4, 0.5) is 5.69 Å². The zero-order valence-corrected chi connectivity index (χ0v) is 12.6. The average Bonchev–Trinajstić information content (AvgIpc) is 2.47. The van der Waals surface area contributed by atoms with Crippen molar-refractivity contribution < 1.29 is 13.2 Å². The maximum Gasteiger partial charge on any atom is 0.263 e. The van der Waals surface area contributed by atoms with E-state index in [1.807, 2.05) is 6.07 Å². The molecule has 2 aromatic carbocycles. The van der Waals surface area contributed by atoms with Crippen LogP contribution in [0.3, 0.4) is 0 Å².